The number of aliphatic hydroxyl groups excluding tert-OH is 1. The van der Waals surface area contributed by atoms with E-state index in [0.717, 1.165) is 22.3 Å². The first-order valence-electron chi connectivity index (χ1n) is 12.4. The lowest BCUT2D eigenvalue weighted by atomic mass is 10.0. The molecule has 0 spiro atoms. The first-order valence-corrected chi connectivity index (χ1v) is 12.4. The van der Waals surface area contributed by atoms with Gasteiger partial charge in [-0.2, -0.15) is 14.0 Å². The molecule has 1 atom stereocenters. The number of aromatic nitrogens is 3. The number of nitrogens with one attached hydrogen (secondary N) is 1. The number of pyridine rings is 1. The molecule has 12 heteroatoms. The summed E-state index contributed by atoms with van der Waals surface area (Å²) in [4.78, 5) is 23.8. The summed E-state index contributed by atoms with van der Waals surface area (Å²) in [6.45, 7) is 2.14. The van der Waals surface area contributed by atoms with Crippen molar-refractivity contribution < 1.29 is 28.5 Å². The number of carbonyl (C=O) groups is 1. The number of hydrogen-bond acceptors (Lipinski definition) is 9. The predicted octanol–water partition coefficient (Wildman–Crippen LogP) is 5.13. The number of benzene rings is 2. The molecule has 0 saturated heterocycles. The van der Waals surface area contributed by atoms with Gasteiger partial charge in [-0.15, -0.1) is 0 Å². The van der Waals surface area contributed by atoms with Crippen LogP contribution in [0, 0.1) is 18.3 Å². The van der Waals surface area contributed by atoms with Gasteiger partial charge in [0.2, 0.25) is 5.88 Å². The fourth-order valence-electron chi connectivity index (χ4n) is 4.18. The van der Waals surface area contributed by atoms with E-state index in [4.69, 9.17) is 25.0 Å². The van der Waals surface area contributed by atoms with Crippen LogP contribution in [0.1, 0.15) is 35.5 Å². The van der Waals surface area contributed by atoms with Crippen molar-refractivity contribution in [1.82, 2.24) is 15.0 Å². The number of alkyl halides is 2. The molecule has 214 valence electrons. The molecule has 4 aromatic rings. The summed E-state index contributed by atoms with van der Waals surface area (Å²) in [5.41, 5.74) is 3.39. The van der Waals surface area contributed by atoms with Gasteiger partial charge in [0.15, 0.2) is 0 Å². The lowest BCUT2D eigenvalue weighted by Crippen LogP contribution is -2.19. The van der Waals surface area contributed by atoms with Crippen molar-refractivity contribution in [1.29, 1.82) is 5.26 Å². The highest BCUT2D eigenvalue weighted by Gasteiger charge is 2.30. The van der Waals surface area contributed by atoms with Crippen LogP contribution < -0.4 is 15.0 Å². The Labute approximate surface area is 235 Å². The van der Waals surface area contributed by atoms with Crippen molar-refractivity contribution in [3.05, 3.63) is 77.2 Å². The average Bonchev–Trinajstić information content (AvgIpc) is 2.97. The topological polar surface area (TPSA) is 144 Å². The molecular weight excluding hydrogens is 534 g/mol. The molecular formula is C29H30F2N6O4. The third kappa shape index (κ3) is 7.20. The second-order valence-corrected chi connectivity index (χ2v) is 9.04. The zero-order valence-corrected chi connectivity index (χ0v) is 23.0. The number of anilines is 3. The number of halogens is 2. The van der Waals surface area contributed by atoms with Crippen LogP contribution in [0.4, 0.5) is 26.0 Å². The van der Waals surface area contributed by atoms with Crippen LogP contribution in [0.25, 0.3) is 10.9 Å². The molecule has 41 heavy (non-hydrogen) atoms. The minimum atomic E-state index is -3.32. The second-order valence-electron chi connectivity index (χ2n) is 9.04. The summed E-state index contributed by atoms with van der Waals surface area (Å²) in [5.74, 6) is -1.79. The standard InChI is InChI=1S/C28H28F2N6O2.CH2O2/c1-17(19-6-5-7-21(12-19)28(29,30)16-37)33-26-24-14-22(8-9-25(24)34-18(2)35-26)36(3)23-13-20(10-11-31)27(38-4)32-15-23;2-1-3/h5-9,12-15,17,37H,10,16H2,1-4H3,(H,33,34,35);1H,(H,2,3)/t17-;/m1./s1. The first-order chi connectivity index (χ1) is 19.6. The molecule has 0 aliphatic heterocycles. The second kappa shape index (κ2) is 13.5. The molecule has 2 aromatic heterocycles. The Morgan fingerprint density at radius 1 is 1.20 bits per heavy atom. The van der Waals surface area contributed by atoms with E-state index >= 15 is 0 Å². The number of ether oxygens (including phenoxy) is 1. The van der Waals surface area contributed by atoms with Gasteiger partial charge >= 0.3 is 0 Å². The van der Waals surface area contributed by atoms with E-state index in [-0.39, 0.29) is 24.5 Å². The van der Waals surface area contributed by atoms with Gasteiger partial charge < -0.3 is 25.2 Å². The maximum Gasteiger partial charge on any atom is 0.295 e. The Balaban J connectivity index is 0.00000147. The van der Waals surface area contributed by atoms with Crippen LogP contribution in [0.15, 0.2) is 54.7 Å². The molecule has 0 aliphatic carbocycles. The Morgan fingerprint density at radius 2 is 1.93 bits per heavy atom. The van der Waals surface area contributed by atoms with Crippen molar-refractivity contribution >= 4 is 34.6 Å². The van der Waals surface area contributed by atoms with Gasteiger partial charge in [0.05, 0.1) is 37.0 Å². The Morgan fingerprint density at radius 3 is 2.59 bits per heavy atom. The smallest absolute Gasteiger partial charge is 0.295 e. The van der Waals surface area contributed by atoms with Crippen LogP contribution in [0.3, 0.4) is 0 Å². The molecule has 0 saturated carbocycles. The van der Waals surface area contributed by atoms with Crippen molar-refractivity contribution in [3.63, 3.8) is 0 Å². The highest BCUT2D eigenvalue weighted by molar-refractivity contribution is 5.92. The van der Waals surface area contributed by atoms with Crippen LogP contribution >= 0.6 is 0 Å². The molecule has 3 N–H and O–H groups in total. The van der Waals surface area contributed by atoms with Crippen molar-refractivity contribution in [2.45, 2.75) is 32.2 Å². The number of aryl methyl sites for hydroxylation is 1. The van der Waals surface area contributed by atoms with E-state index < -0.39 is 12.5 Å². The highest BCUT2D eigenvalue weighted by atomic mass is 19.3. The van der Waals surface area contributed by atoms with Gasteiger partial charge in [0.1, 0.15) is 18.2 Å². The Kier molecular flexibility index (Phi) is 10.1. The molecule has 0 bridgehead atoms. The number of nitrogens with zero attached hydrogens (tertiary/aromatic N) is 5. The van der Waals surface area contributed by atoms with Crippen molar-refractivity contribution in [2.24, 2.45) is 0 Å². The quantitative estimate of drug-likeness (QED) is 0.234. The summed E-state index contributed by atoms with van der Waals surface area (Å²) in [7, 11) is 3.40. The number of fused-ring (bicyclic) bond motifs is 1. The van der Waals surface area contributed by atoms with Gasteiger partial charge in [-0.25, -0.2) is 15.0 Å². The van der Waals surface area contributed by atoms with Crippen LogP contribution in [0.2, 0.25) is 0 Å². The number of hydrogen-bond donors (Lipinski definition) is 3. The summed E-state index contributed by atoms with van der Waals surface area (Å²) in [6.07, 6.45) is 1.84. The van der Waals surface area contributed by atoms with E-state index in [9.17, 15) is 8.78 Å². The maximum absolute atomic E-state index is 14.1. The summed E-state index contributed by atoms with van der Waals surface area (Å²) in [5, 5.41) is 29.2. The highest BCUT2D eigenvalue weighted by Crippen LogP contribution is 2.33. The fraction of sp³-hybridized carbons (Fsp3) is 0.276. The summed E-state index contributed by atoms with van der Waals surface area (Å²) < 4.78 is 33.4. The lowest BCUT2D eigenvalue weighted by molar-refractivity contribution is -0.122. The lowest BCUT2D eigenvalue weighted by Gasteiger charge is -2.22. The van der Waals surface area contributed by atoms with Gasteiger partial charge in [0.25, 0.3) is 12.4 Å². The maximum atomic E-state index is 14.1. The van der Waals surface area contributed by atoms with E-state index in [1.165, 1.54) is 19.2 Å². The van der Waals surface area contributed by atoms with E-state index in [2.05, 4.69) is 26.3 Å². The zero-order valence-electron chi connectivity index (χ0n) is 23.0. The molecule has 2 heterocycles. The first kappa shape index (κ1) is 30.6. The van der Waals surface area contributed by atoms with Gasteiger partial charge in [-0.3, -0.25) is 4.79 Å². The average molecular weight is 565 g/mol. The molecule has 4 rings (SSSR count). The SMILES string of the molecule is COc1ncc(N(C)c2ccc3nc(C)nc(N[C@H](C)c4cccc(C(F)(F)CO)c4)c3c2)cc1CC#N.O=CO. The minimum Gasteiger partial charge on any atom is -0.483 e. The van der Waals surface area contributed by atoms with Gasteiger partial charge in [-0.1, -0.05) is 18.2 Å². The Hall–Kier alpha value is -4.89. The molecule has 0 fully saturated rings. The van der Waals surface area contributed by atoms with Crippen molar-refractivity contribution in [3.8, 4) is 11.9 Å². The fourth-order valence-corrected chi connectivity index (χ4v) is 4.18. The molecule has 10 nitrogen and oxygen atoms in total. The van der Waals surface area contributed by atoms with Crippen LogP contribution in [-0.4, -0.2) is 52.4 Å². The van der Waals surface area contributed by atoms with E-state index in [1.54, 1.807) is 25.3 Å². The van der Waals surface area contributed by atoms with Gasteiger partial charge in [0, 0.05) is 35.3 Å². The van der Waals surface area contributed by atoms with Crippen LogP contribution in [-0.2, 0) is 17.1 Å². The molecule has 0 unspecified atom stereocenters. The molecule has 0 radical (unpaired) electrons. The van der Waals surface area contributed by atoms with Gasteiger partial charge in [-0.05, 0) is 49.7 Å². The third-order valence-electron chi connectivity index (χ3n) is 6.30. The minimum absolute atomic E-state index is 0.167. The summed E-state index contributed by atoms with van der Waals surface area (Å²) >= 11 is 0. The number of carboxylic acid groups (broad SMARTS) is 1. The normalized spacial score (nSPS) is 11.6. The largest absolute Gasteiger partial charge is 0.483 e. The zero-order chi connectivity index (χ0) is 30.2. The third-order valence-corrected chi connectivity index (χ3v) is 6.30. The summed E-state index contributed by atoms with van der Waals surface area (Å²) in [6, 6.07) is 15.4. The number of aliphatic hydroxyl groups is 1. The van der Waals surface area contributed by atoms with E-state index in [1.807, 2.05) is 43.1 Å². The predicted molar refractivity (Wildman–Crippen MR) is 151 cm³/mol. The van der Waals surface area contributed by atoms with Crippen molar-refractivity contribution in [2.75, 3.05) is 31.0 Å². The Bertz CT molecular complexity index is 1560. The number of nitriles is 1. The van der Waals surface area contributed by atoms with E-state index in [0.29, 0.717) is 28.6 Å². The molecule has 0 aliphatic rings. The van der Waals surface area contributed by atoms with Crippen LogP contribution in [0.5, 0.6) is 5.88 Å². The molecule has 0 amide bonds. The number of methoxy groups -OCH3 is 1. The number of rotatable bonds is 9. The monoisotopic (exact) mass is 564 g/mol. The molecule has 2 aromatic carbocycles.